The normalized spacial score (nSPS) is 14.3. The molecule has 0 spiro atoms. The molecule has 1 aromatic heterocycles. The van der Waals surface area contributed by atoms with Crippen LogP contribution in [0.15, 0.2) is 30.6 Å². The Bertz CT molecular complexity index is 795. The highest BCUT2D eigenvalue weighted by molar-refractivity contribution is 6.35. The highest BCUT2D eigenvalue weighted by Crippen LogP contribution is 2.27. The van der Waals surface area contributed by atoms with E-state index in [0.717, 1.165) is 24.6 Å². The van der Waals surface area contributed by atoms with E-state index in [1.165, 1.54) is 0 Å². The second-order valence-electron chi connectivity index (χ2n) is 6.41. The molecule has 0 N–H and O–H groups in total. The van der Waals surface area contributed by atoms with Gasteiger partial charge in [0.15, 0.2) is 0 Å². The van der Waals surface area contributed by atoms with E-state index in [2.05, 4.69) is 14.9 Å². The molecular formula is C19H22Cl2N4O2. The molecule has 0 saturated carbocycles. The largest absolute Gasteiger partial charge is 0.492 e. The lowest BCUT2D eigenvalue weighted by molar-refractivity contribution is -0.131. The van der Waals surface area contributed by atoms with Crippen molar-refractivity contribution in [1.82, 2.24) is 14.9 Å². The average molecular weight is 409 g/mol. The molecule has 0 unspecified atom stereocenters. The summed E-state index contributed by atoms with van der Waals surface area (Å²) < 4.78 is 5.63. The molecule has 1 saturated heterocycles. The standard InChI is InChI=1S/C19H22Cl2N4O2/c1-14-11-18(23-13-22-14)24-6-8-25(9-7-24)19(26)3-2-10-27-17-5-4-15(20)12-16(17)21/h4-5,11-13H,2-3,6-10H2,1H3. The first-order chi connectivity index (χ1) is 13.0. The third-order valence-corrected chi connectivity index (χ3v) is 4.96. The molecule has 27 heavy (non-hydrogen) atoms. The minimum absolute atomic E-state index is 0.152. The molecule has 0 bridgehead atoms. The van der Waals surface area contributed by atoms with Crippen molar-refractivity contribution in [2.75, 3.05) is 37.7 Å². The molecule has 1 aromatic carbocycles. The number of hydrogen-bond donors (Lipinski definition) is 0. The number of carbonyl (C=O) groups is 1. The number of halogens is 2. The van der Waals surface area contributed by atoms with Crippen molar-refractivity contribution >= 4 is 34.9 Å². The van der Waals surface area contributed by atoms with Gasteiger partial charge in [-0.25, -0.2) is 9.97 Å². The van der Waals surface area contributed by atoms with Gasteiger partial charge in [-0.1, -0.05) is 23.2 Å². The third kappa shape index (κ3) is 5.47. The fourth-order valence-electron chi connectivity index (χ4n) is 2.95. The minimum Gasteiger partial charge on any atom is -0.492 e. The Morgan fingerprint density at radius 1 is 1.15 bits per heavy atom. The first kappa shape index (κ1) is 19.7. The van der Waals surface area contributed by atoms with Crippen LogP contribution in [0.2, 0.25) is 10.0 Å². The van der Waals surface area contributed by atoms with Crippen molar-refractivity contribution in [3.63, 3.8) is 0 Å². The quantitative estimate of drug-likeness (QED) is 0.683. The zero-order valence-electron chi connectivity index (χ0n) is 15.2. The summed E-state index contributed by atoms with van der Waals surface area (Å²) in [5.74, 6) is 1.66. The van der Waals surface area contributed by atoms with E-state index in [1.54, 1.807) is 24.5 Å². The fraction of sp³-hybridized carbons (Fsp3) is 0.421. The van der Waals surface area contributed by atoms with E-state index in [0.29, 0.717) is 48.3 Å². The molecule has 0 atom stereocenters. The van der Waals surface area contributed by atoms with Crippen molar-refractivity contribution in [2.45, 2.75) is 19.8 Å². The van der Waals surface area contributed by atoms with Gasteiger partial charge >= 0.3 is 0 Å². The van der Waals surface area contributed by atoms with Crippen LogP contribution in [0, 0.1) is 6.92 Å². The maximum Gasteiger partial charge on any atom is 0.222 e. The number of carbonyl (C=O) groups excluding carboxylic acids is 1. The molecular weight excluding hydrogens is 387 g/mol. The van der Waals surface area contributed by atoms with Gasteiger partial charge in [0.05, 0.1) is 11.6 Å². The molecule has 1 aliphatic heterocycles. The van der Waals surface area contributed by atoms with Gasteiger partial charge in [-0.05, 0) is 31.5 Å². The Labute approximate surface area is 169 Å². The Morgan fingerprint density at radius 2 is 1.93 bits per heavy atom. The molecule has 2 aromatic rings. The first-order valence-corrected chi connectivity index (χ1v) is 9.68. The number of aryl methyl sites for hydroxylation is 1. The Hall–Kier alpha value is -2.05. The molecule has 1 fully saturated rings. The maximum atomic E-state index is 12.4. The first-order valence-electron chi connectivity index (χ1n) is 8.92. The number of aromatic nitrogens is 2. The molecule has 1 amide bonds. The van der Waals surface area contributed by atoms with Crippen molar-refractivity contribution in [2.24, 2.45) is 0 Å². The molecule has 144 valence electrons. The second kappa shape index (κ2) is 9.24. The topological polar surface area (TPSA) is 58.6 Å². The average Bonchev–Trinajstić information content (AvgIpc) is 2.66. The number of benzene rings is 1. The number of nitrogens with zero attached hydrogens (tertiary/aromatic N) is 4. The maximum absolute atomic E-state index is 12.4. The zero-order valence-corrected chi connectivity index (χ0v) is 16.7. The smallest absolute Gasteiger partial charge is 0.222 e. The number of piperazine rings is 1. The van der Waals surface area contributed by atoms with Crippen LogP contribution in [0.25, 0.3) is 0 Å². The van der Waals surface area contributed by atoms with E-state index in [9.17, 15) is 4.79 Å². The van der Waals surface area contributed by atoms with Crippen LogP contribution in [-0.2, 0) is 4.79 Å². The molecule has 3 rings (SSSR count). The summed E-state index contributed by atoms with van der Waals surface area (Å²) in [6.07, 6.45) is 2.68. The number of ether oxygens (including phenoxy) is 1. The SMILES string of the molecule is Cc1cc(N2CCN(C(=O)CCCOc3ccc(Cl)cc3Cl)CC2)ncn1. The lowest BCUT2D eigenvalue weighted by atomic mass is 10.2. The van der Waals surface area contributed by atoms with Crippen molar-refractivity contribution in [3.05, 3.63) is 46.3 Å². The van der Waals surface area contributed by atoms with Gasteiger partial charge in [-0.2, -0.15) is 0 Å². The van der Waals surface area contributed by atoms with E-state index in [4.69, 9.17) is 27.9 Å². The van der Waals surface area contributed by atoms with Gasteiger partial charge in [-0.15, -0.1) is 0 Å². The summed E-state index contributed by atoms with van der Waals surface area (Å²) in [5, 5.41) is 1.05. The predicted molar refractivity (Wildman–Crippen MR) is 107 cm³/mol. The van der Waals surface area contributed by atoms with Crippen LogP contribution < -0.4 is 9.64 Å². The highest BCUT2D eigenvalue weighted by Gasteiger charge is 2.21. The molecule has 0 radical (unpaired) electrons. The van der Waals surface area contributed by atoms with Gasteiger partial charge < -0.3 is 14.5 Å². The van der Waals surface area contributed by atoms with Crippen molar-refractivity contribution in [1.29, 1.82) is 0 Å². The fourth-order valence-corrected chi connectivity index (χ4v) is 3.42. The second-order valence-corrected chi connectivity index (χ2v) is 7.26. The van der Waals surface area contributed by atoms with E-state index in [-0.39, 0.29) is 5.91 Å². The van der Waals surface area contributed by atoms with Crippen LogP contribution >= 0.6 is 23.2 Å². The third-order valence-electron chi connectivity index (χ3n) is 4.43. The summed E-state index contributed by atoms with van der Waals surface area (Å²) >= 11 is 11.9. The van der Waals surface area contributed by atoms with Crippen LogP contribution in [0.5, 0.6) is 5.75 Å². The van der Waals surface area contributed by atoms with Crippen molar-refractivity contribution in [3.8, 4) is 5.75 Å². The summed E-state index contributed by atoms with van der Waals surface area (Å²) in [6.45, 7) is 5.34. The Balaban J connectivity index is 1.39. The van der Waals surface area contributed by atoms with Crippen LogP contribution in [0.3, 0.4) is 0 Å². The van der Waals surface area contributed by atoms with Gasteiger partial charge in [0.2, 0.25) is 5.91 Å². The molecule has 6 nitrogen and oxygen atoms in total. The van der Waals surface area contributed by atoms with Gasteiger partial charge in [0, 0.05) is 49.4 Å². The lowest BCUT2D eigenvalue weighted by Crippen LogP contribution is -2.49. The van der Waals surface area contributed by atoms with Gasteiger partial charge in [-0.3, -0.25) is 4.79 Å². The molecule has 2 heterocycles. The summed E-state index contributed by atoms with van der Waals surface area (Å²) in [6, 6.07) is 7.08. The van der Waals surface area contributed by atoms with Gasteiger partial charge in [0.1, 0.15) is 17.9 Å². The minimum atomic E-state index is 0.152. The van der Waals surface area contributed by atoms with Gasteiger partial charge in [0.25, 0.3) is 0 Å². The number of rotatable bonds is 6. The monoisotopic (exact) mass is 408 g/mol. The number of anilines is 1. The lowest BCUT2D eigenvalue weighted by Gasteiger charge is -2.35. The predicted octanol–water partition coefficient (Wildman–Crippen LogP) is 3.60. The highest BCUT2D eigenvalue weighted by atomic mass is 35.5. The van der Waals surface area contributed by atoms with Crippen molar-refractivity contribution < 1.29 is 9.53 Å². The van der Waals surface area contributed by atoms with Crippen LogP contribution in [0.4, 0.5) is 5.82 Å². The Kier molecular flexibility index (Phi) is 6.74. The zero-order chi connectivity index (χ0) is 19.2. The summed E-state index contributed by atoms with van der Waals surface area (Å²) in [4.78, 5) is 24.9. The van der Waals surface area contributed by atoms with E-state index >= 15 is 0 Å². The molecule has 0 aliphatic carbocycles. The summed E-state index contributed by atoms with van der Waals surface area (Å²) in [5.41, 5.74) is 0.944. The number of amides is 1. The molecule has 8 heteroatoms. The summed E-state index contributed by atoms with van der Waals surface area (Å²) in [7, 11) is 0. The van der Waals surface area contributed by atoms with Crippen LogP contribution in [-0.4, -0.2) is 53.6 Å². The van der Waals surface area contributed by atoms with E-state index in [1.807, 2.05) is 17.9 Å². The Morgan fingerprint density at radius 3 is 2.63 bits per heavy atom. The molecule has 1 aliphatic rings. The number of hydrogen-bond acceptors (Lipinski definition) is 5. The van der Waals surface area contributed by atoms with E-state index < -0.39 is 0 Å². The van der Waals surface area contributed by atoms with Crippen LogP contribution in [0.1, 0.15) is 18.5 Å².